The van der Waals surface area contributed by atoms with Gasteiger partial charge in [0.2, 0.25) is 10.0 Å². The summed E-state index contributed by atoms with van der Waals surface area (Å²) in [6.07, 6.45) is 3.59. The van der Waals surface area contributed by atoms with Crippen LogP contribution < -0.4 is 10.2 Å². The van der Waals surface area contributed by atoms with Crippen LogP contribution in [0.4, 0.5) is 5.82 Å². The first-order valence-electron chi connectivity index (χ1n) is 7.32. The van der Waals surface area contributed by atoms with Crippen LogP contribution in [0.15, 0.2) is 23.2 Å². The fourth-order valence-electron chi connectivity index (χ4n) is 2.54. The van der Waals surface area contributed by atoms with Gasteiger partial charge < -0.3 is 10.2 Å². The van der Waals surface area contributed by atoms with Crippen LogP contribution in [-0.2, 0) is 10.0 Å². The van der Waals surface area contributed by atoms with Crippen molar-refractivity contribution in [2.75, 3.05) is 38.6 Å². The third-order valence-electron chi connectivity index (χ3n) is 3.73. The Bertz CT molecular complexity index is 551. The van der Waals surface area contributed by atoms with Gasteiger partial charge in [0.1, 0.15) is 10.7 Å². The molecule has 0 saturated carbocycles. The van der Waals surface area contributed by atoms with Crippen molar-refractivity contribution in [3.05, 3.63) is 18.3 Å². The molecule has 1 saturated heterocycles. The molecule has 1 aliphatic rings. The van der Waals surface area contributed by atoms with E-state index in [9.17, 15) is 8.42 Å². The fourth-order valence-corrected chi connectivity index (χ4v) is 3.38. The third kappa shape index (κ3) is 3.53. The van der Waals surface area contributed by atoms with Crippen LogP contribution in [0.1, 0.15) is 19.8 Å². The van der Waals surface area contributed by atoms with Gasteiger partial charge in [0.05, 0.1) is 0 Å². The fraction of sp³-hybridized carbons (Fsp3) is 0.643. The predicted molar refractivity (Wildman–Crippen MR) is 84.0 cm³/mol. The molecular formula is C14H24N4O2S. The van der Waals surface area contributed by atoms with Gasteiger partial charge in [-0.15, -0.1) is 0 Å². The lowest BCUT2D eigenvalue weighted by Crippen LogP contribution is -2.38. The van der Waals surface area contributed by atoms with Gasteiger partial charge in [0.15, 0.2) is 0 Å². The molecule has 118 valence electrons. The molecule has 1 atom stereocenters. The Balaban J connectivity index is 2.23. The number of pyridine rings is 1. The molecule has 1 unspecified atom stereocenters. The maximum absolute atomic E-state index is 12.1. The van der Waals surface area contributed by atoms with Gasteiger partial charge in [0.25, 0.3) is 0 Å². The number of sulfonamides is 1. The first-order valence-corrected chi connectivity index (χ1v) is 8.76. The number of hydrogen-bond donors (Lipinski definition) is 1. The molecule has 1 N–H and O–H groups in total. The Labute approximate surface area is 127 Å². The van der Waals surface area contributed by atoms with Crippen molar-refractivity contribution in [3.63, 3.8) is 0 Å². The van der Waals surface area contributed by atoms with Crippen molar-refractivity contribution in [2.45, 2.75) is 30.7 Å². The summed E-state index contributed by atoms with van der Waals surface area (Å²) in [5.41, 5.74) is 0. The van der Waals surface area contributed by atoms with Gasteiger partial charge in [-0.3, -0.25) is 0 Å². The number of anilines is 1. The summed E-state index contributed by atoms with van der Waals surface area (Å²) < 4.78 is 25.3. The summed E-state index contributed by atoms with van der Waals surface area (Å²) in [6.45, 7) is 5.05. The van der Waals surface area contributed by atoms with Crippen molar-refractivity contribution in [1.29, 1.82) is 0 Å². The quantitative estimate of drug-likeness (QED) is 0.846. The molecule has 0 bridgehead atoms. The van der Waals surface area contributed by atoms with E-state index in [0.717, 1.165) is 38.3 Å². The molecule has 7 heteroatoms. The molecule has 6 nitrogen and oxygen atoms in total. The maximum atomic E-state index is 12.1. The normalized spacial score (nSPS) is 19.1. The summed E-state index contributed by atoms with van der Waals surface area (Å²) in [7, 11) is -0.361. The molecule has 0 aliphatic carbocycles. The minimum Gasteiger partial charge on any atom is -0.352 e. The highest BCUT2D eigenvalue weighted by molar-refractivity contribution is 7.89. The topological polar surface area (TPSA) is 65.5 Å². The van der Waals surface area contributed by atoms with Crippen LogP contribution in [0.3, 0.4) is 0 Å². The molecule has 1 aromatic rings. The molecule has 2 rings (SSSR count). The van der Waals surface area contributed by atoms with Crippen molar-refractivity contribution in [3.8, 4) is 0 Å². The van der Waals surface area contributed by atoms with Crippen molar-refractivity contribution >= 4 is 15.8 Å². The first-order chi connectivity index (χ1) is 9.96. The Morgan fingerprint density at radius 1 is 1.38 bits per heavy atom. The zero-order valence-corrected chi connectivity index (χ0v) is 13.7. The molecule has 0 amide bonds. The minimum atomic E-state index is -3.41. The molecule has 0 spiro atoms. The second-order valence-electron chi connectivity index (χ2n) is 5.48. The van der Waals surface area contributed by atoms with E-state index in [1.807, 2.05) is 6.07 Å². The number of nitrogens with one attached hydrogen (secondary N) is 1. The van der Waals surface area contributed by atoms with E-state index in [2.05, 4.69) is 22.1 Å². The van der Waals surface area contributed by atoms with E-state index in [1.54, 1.807) is 6.07 Å². The third-order valence-corrected chi connectivity index (χ3v) is 5.53. The highest BCUT2D eigenvalue weighted by atomic mass is 32.2. The standard InChI is InChI=1S/C14H24N4O2S/c1-4-9-18(12-7-8-15-10-12)14-6-5-13(11-16-14)21(19,20)17(2)3/h5-6,11-12,15H,4,7-10H2,1-3H3. The first kappa shape index (κ1) is 16.2. The van der Waals surface area contributed by atoms with Gasteiger partial charge >= 0.3 is 0 Å². The van der Waals surface area contributed by atoms with Crippen molar-refractivity contribution in [1.82, 2.24) is 14.6 Å². The van der Waals surface area contributed by atoms with Crippen LogP contribution in [0.2, 0.25) is 0 Å². The van der Waals surface area contributed by atoms with Crippen molar-refractivity contribution < 1.29 is 8.42 Å². The van der Waals surface area contributed by atoms with Crippen molar-refractivity contribution in [2.24, 2.45) is 0 Å². The Hall–Kier alpha value is -1.18. The van der Waals surface area contributed by atoms with E-state index >= 15 is 0 Å². The van der Waals surface area contributed by atoms with E-state index in [-0.39, 0.29) is 4.90 Å². The monoisotopic (exact) mass is 312 g/mol. The van der Waals surface area contributed by atoms with Crippen LogP contribution >= 0.6 is 0 Å². The summed E-state index contributed by atoms with van der Waals surface area (Å²) in [5, 5.41) is 3.36. The number of rotatable bonds is 6. The van der Waals surface area contributed by atoms with E-state index in [1.165, 1.54) is 24.6 Å². The molecule has 21 heavy (non-hydrogen) atoms. The lowest BCUT2D eigenvalue weighted by Gasteiger charge is -2.29. The largest absolute Gasteiger partial charge is 0.352 e. The minimum absolute atomic E-state index is 0.234. The summed E-state index contributed by atoms with van der Waals surface area (Å²) >= 11 is 0. The lowest BCUT2D eigenvalue weighted by molar-refractivity contribution is 0.520. The number of aromatic nitrogens is 1. The Kier molecular flexibility index (Phi) is 5.18. The lowest BCUT2D eigenvalue weighted by atomic mass is 10.2. The SMILES string of the molecule is CCCN(c1ccc(S(=O)(=O)N(C)C)cn1)C1CCNC1. The maximum Gasteiger partial charge on any atom is 0.244 e. The average Bonchev–Trinajstić information content (AvgIpc) is 2.98. The van der Waals surface area contributed by atoms with E-state index in [0.29, 0.717) is 6.04 Å². The zero-order chi connectivity index (χ0) is 15.5. The van der Waals surface area contributed by atoms with Crippen LogP contribution in [-0.4, -0.2) is 57.5 Å². The summed E-state index contributed by atoms with van der Waals surface area (Å²) in [4.78, 5) is 6.89. The molecular weight excluding hydrogens is 288 g/mol. The van der Waals surface area contributed by atoms with Gasteiger partial charge in [-0.05, 0) is 31.5 Å². The molecule has 1 fully saturated rings. The zero-order valence-electron chi connectivity index (χ0n) is 12.9. The molecule has 2 heterocycles. The average molecular weight is 312 g/mol. The second kappa shape index (κ2) is 6.72. The van der Waals surface area contributed by atoms with Crippen LogP contribution in [0.25, 0.3) is 0 Å². The molecule has 0 aromatic carbocycles. The summed E-state index contributed by atoms with van der Waals surface area (Å²) in [6, 6.07) is 3.89. The van der Waals surface area contributed by atoms with Gasteiger partial charge in [-0.25, -0.2) is 17.7 Å². The number of nitrogens with zero attached hydrogens (tertiary/aromatic N) is 3. The Morgan fingerprint density at radius 3 is 2.62 bits per heavy atom. The van der Waals surface area contributed by atoms with Crippen LogP contribution in [0.5, 0.6) is 0 Å². The molecule has 0 radical (unpaired) electrons. The van der Waals surface area contributed by atoms with Crippen LogP contribution in [0, 0.1) is 0 Å². The highest BCUT2D eigenvalue weighted by Crippen LogP contribution is 2.21. The molecule has 1 aromatic heterocycles. The van der Waals surface area contributed by atoms with Gasteiger partial charge in [0, 0.05) is 39.4 Å². The van der Waals surface area contributed by atoms with E-state index < -0.39 is 10.0 Å². The highest BCUT2D eigenvalue weighted by Gasteiger charge is 2.24. The number of hydrogen-bond acceptors (Lipinski definition) is 5. The smallest absolute Gasteiger partial charge is 0.244 e. The van der Waals surface area contributed by atoms with Gasteiger partial charge in [-0.1, -0.05) is 6.92 Å². The van der Waals surface area contributed by atoms with E-state index in [4.69, 9.17) is 0 Å². The predicted octanol–water partition coefficient (Wildman–Crippen LogP) is 0.910. The second-order valence-corrected chi connectivity index (χ2v) is 7.63. The van der Waals surface area contributed by atoms with Gasteiger partial charge in [-0.2, -0.15) is 0 Å². The summed E-state index contributed by atoms with van der Waals surface area (Å²) in [5.74, 6) is 0.850. The Morgan fingerprint density at radius 2 is 2.14 bits per heavy atom. The molecule has 1 aliphatic heterocycles.